The van der Waals surface area contributed by atoms with Crippen LogP contribution in [0.2, 0.25) is 0 Å². The predicted molar refractivity (Wildman–Crippen MR) is 103 cm³/mol. The van der Waals surface area contributed by atoms with Crippen molar-refractivity contribution in [3.63, 3.8) is 0 Å². The minimum atomic E-state index is -0.408. The van der Waals surface area contributed by atoms with E-state index in [4.69, 9.17) is 10.5 Å². The highest BCUT2D eigenvalue weighted by Gasteiger charge is 2.19. The lowest BCUT2D eigenvalue weighted by molar-refractivity contribution is 0.328. The number of anilines is 1. The van der Waals surface area contributed by atoms with E-state index in [9.17, 15) is 9.18 Å². The maximum absolute atomic E-state index is 13.3. The first-order valence-electron chi connectivity index (χ1n) is 8.59. The third-order valence-corrected chi connectivity index (χ3v) is 4.22. The standard InChI is InChI=1S/C19H17FN6O2/c1-3-28-19-13(8-12(21)9-22-19)17-23-14-15(18(27)24-17)25-26(2)16(14)10-4-6-11(20)7-5-10/h4-9H,3,21H2,1-2H3,(H,23,24,27). The molecule has 28 heavy (non-hydrogen) atoms. The van der Waals surface area contributed by atoms with Crippen LogP contribution in [0.5, 0.6) is 5.88 Å². The zero-order valence-corrected chi connectivity index (χ0v) is 15.2. The lowest BCUT2D eigenvalue weighted by atomic mass is 10.1. The molecule has 0 atom stereocenters. The van der Waals surface area contributed by atoms with Crippen molar-refractivity contribution in [1.82, 2.24) is 24.7 Å². The molecular weight excluding hydrogens is 363 g/mol. The highest BCUT2D eigenvalue weighted by molar-refractivity contribution is 5.90. The summed E-state index contributed by atoms with van der Waals surface area (Å²) in [4.78, 5) is 24.1. The van der Waals surface area contributed by atoms with Crippen LogP contribution in [0, 0.1) is 5.82 Å². The summed E-state index contributed by atoms with van der Waals surface area (Å²) in [6.45, 7) is 2.22. The fourth-order valence-corrected chi connectivity index (χ4v) is 3.03. The van der Waals surface area contributed by atoms with Crippen LogP contribution in [-0.2, 0) is 7.05 Å². The van der Waals surface area contributed by atoms with Crippen molar-refractivity contribution in [2.24, 2.45) is 7.05 Å². The number of nitrogens with two attached hydrogens (primary N) is 1. The Kier molecular flexibility index (Phi) is 4.26. The molecule has 142 valence electrons. The Morgan fingerprint density at radius 2 is 2.00 bits per heavy atom. The topological polar surface area (TPSA) is 112 Å². The smallest absolute Gasteiger partial charge is 0.279 e. The van der Waals surface area contributed by atoms with E-state index in [0.717, 1.165) is 0 Å². The summed E-state index contributed by atoms with van der Waals surface area (Å²) in [5.74, 6) is 0.220. The van der Waals surface area contributed by atoms with Gasteiger partial charge in [-0.3, -0.25) is 9.48 Å². The van der Waals surface area contributed by atoms with Gasteiger partial charge in [-0.1, -0.05) is 0 Å². The highest BCUT2D eigenvalue weighted by atomic mass is 19.1. The van der Waals surface area contributed by atoms with Crippen molar-refractivity contribution in [2.45, 2.75) is 6.92 Å². The van der Waals surface area contributed by atoms with Crippen molar-refractivity contribution in [2.75, 3.05) is 12.3 Å². The second-order valence-corrected chi connectivity index (χ2v) is 6.15. The van der Waals surface area contributed by atoms with Gasteiger partial charge in [-0.15, -0.1) is 0 Å². The molecule has 0 aliphatic carbocycles. The van der Waals surface area contributed by atoms with E-state index in [-0.39, 0.29) is 17.2 Å². The van der Waals surface area contributed by atoms with Gasteiger partial charge in [0.15, 0.2) is 5.52 Å². The van der Waals surface area contributed by atoms with Crippen LogP contribution in [0.1, 0.15) is 6.92 Å². The Balaban J connectivity index is 1.99. The van der Waals surface area contributed by atoms with Crippen LogP contribution >= 0.6 is 0 Å². The number of aryl methyl sites for hydroxylation is 1. The first kappa shape index (κ1) is 17.7. The van der Waals surface area contributed by atoms with E-state index < -0.39 is 5.56 Å². The first-order chi connectivity index (χ1) is 13.5. The molecule has 3 aromatic heterocycles. The van der Waals surface area contributed by atoms with E-state index in [0.29, 0.717) is 40.5 Å². The molecule has 3 N–H and O–H groups in total. The van der Waals surface area contributed by atoms with Gasteiger partial charge in [0.2, 0.25) is 5.88 Å². The minimum absolute atomic E-state index is 0.181. The van der Waals surface area contributed by atoms with Crippen LogP contribution in [0.25, 0.3) is 33.7 Å². The molecule has 0 aliphatic rings. The number of nitrogen functional groups attached to an aromatic ring is 1. The maximum Gasteiger partial charge on any atom is 0.279 e. The van der Waals surface area contributed by atoms with Gasteiger partial charge in [0.1, 0.15) is 17.2 Å². The van der Waals surface area contributed by atoms with Crippen molar-refractivity contribution in [3.8, 4) is 28.5 Å². The Hall–Kier alpha value is -3.75. The third kappa shape index (κ3) is 2.96. The van der Waals surface area contributed by atoms with Crippen molar-refractivity contribution >= 4 is 16.7 Å². The average molecular weight is 380 g/mol. The number of H-pyrrole nitrogens is 1. The Morgan fingerprint density at radius 1 is 1.25 bits per heavy atom. The van der Waals surface area contributed by atoms with E-state index in [1.165, 1.54) is 18.3 Å². The fourth-order valence-electron chi connectivity index (χ4n) is 3.03. The minimum Gasteiger partial charge on any atom is -0.477 e. The van der Waals surface area contributed by atoms with Crippen LogP contribution in [0.4, 0.5) is 10.1 Å². The van der Waals surface area contributed by atoms with Gasteiger partial charge in [-0.25, -0.2) is 14.4 Å². The number of pyridine rings is 1. The summed E-state index contributed by atoms with van der Waals surface area (Å²) >= 11 is 0. The summed E-state index contributed by atoms with van der Waals surface area (Å²) in [6.07, 6.45) is 1.47. The molecule has 0 saturated carbocycles. The van der Waals surface area contributed by atoms with Gasteiger partial charge in [-0.05, 0) is 37.3 Å². The second-order valence-electron chi connectivity index (χ2n) is 6.15. The molecular formula is C19H17FN6O2. The number of nitrogens with one attached hydrogen (secondary N) is 1. The number of hydrogen-bond acceptors (Lipinski definition) is 6. The number of benzene rings is 1. The normalized spacial score (nSPS) is 11.1. The largest absolute Gasteiger partial charge is 0.477 e. The molecule has 0 amide bonds. The Morgan fingerprint density at radius 3 is 2.71 bits per heavy atom. The van der Waals surface area contributed by atoms with Gasteiger partial charge >= 0.3 is 0 Å². The molecule has 0 aliphatic heterocycles. The molecule has 0 saturated heterocycles. The van der Waals surface area contributed by atoms with Gasteiger partial charge in [0.05, 0.1) is 29.7 Å². The SMILES string of the molecule is CCOc1ncc(N)cc1-c1nc2c(-c3ccc(F)cc3)n(C)nc2c(=O)[nH]1. The number of ether oxygens (including phenoxy) is 1. The first-order valence-corrected chi connectivity index (χ1v) is 8.59. The molecule has 0 radical (unpaired) electrons. The predicted octanol–water partition coefficient (Wildman–Crippen LogP) is 2.51. The maximum atomic E-state index is 13.3. The zero-order chi connectivity index (χ0) is 19.8. The summed E-state index contributed by atoms with van der Waals surface area (Å²) in [6, 6.07) is 7.55. The number of rotatable bonds is 4. The molecule has 0 bridgehead atoms. The highest BCUT2D eigenvalue weighted by Crippen LogP contribution is 2.30. The zero-order valence-electron chi connectivity index (χ0n) is 15.2. The number of aromatic nitrogens is 5. The molecule has 9 heteroatoms. The molecule has 1 aromatic carbocycles. The lowest BCUT2D eigenvalue weighted by Crippen LogP contribution is -2.11. The van der Waals surface area contributed by atoms with Gasteiger partial charge < -0.3 is 15.5 Å². The molecule has 4 rings (SSSR count). The fraction of sp³-hybridized carbons (Fsp3) is 0.158. The number of halogens is 1. The molecule has 0 fully saturated rings. The third-order valence-electron chi connectivity index (χ3n) is 4.22. The van der Waals surface area contributed by atoms with Crippen LogP contribution in [0.15, 0.2) is 41.3 Å². The van der Waals surface area contributed by atoms with Crippen molar-refractivity contribution < 1.29 is 9.13 Å². The number of nitrogens with zero attached hydrogens (tertiary/aromatic N) is 4. The quantitative estimate of drug-likeness (QED) is 0.563. The van der Waals surface area contributed by atoms with Gasteiger partial charge in [0, 0.05) is 12.6 Å². The number of hydrogen-bond donors (Lipinski definition) is 2. The summed E-state index contributed by atoms with van der Waals surface area (Å²) in [5, 5.41) is 4.27. The van der Waals surface area contributed by atoms with E-state index >= 15 is 0 Å². The Bertz CT molecular complexity index is 1230. The molecule has 0 spiro atoms. The molecule has 0 unspecified atom stereocenters. The summed E-state index contributed by atoms with van der Waals surface area (Å²) in [7, 11) is 1.70. The van der Waals surface area contributed by atoms with Crippen molar-refractivity contribution in [1.29, 1.82) is 0 Å². The second kappa shape index (κ2) is 6.76. The van der Waals surface area contributed by atoms with E-state index in [2.05, 4.69) is 20.1 Å². The van der Waals surface area contributed by atoms with E-state index in [1.54, 1.807) is 29.9 Å². The lowest BCUT2D eigenvalue weighted by Gasteiger charge is -2.09. The van der Waals surface area contributed by atoms with Crippen LogP contribution in [0.3, 0.4) is 0 Å². The molecule has 3 heterocycles. The average Bonchev–Trinajstić information content (AvgIpc) is 3.01. The van der Waals surface area contributed by atoms with Crippen LogP contribution in [-0.4, -0.2) is 31.3 Å². The molecule has 8 nitrogen and oxygen atoms in total. The van der Waals surface area contributed by atoms with Crippen molar-refractivity contribution in [3.05, 3.63) is 52.7 Å². The monoisotopic (exact) mass is 380 g/mol. The summed E-state index contributed by atoms with van der Waals surface area (Å²) in [5.41, 5.74) is 8.18. The summed E-state index contributed by atoms with van der Waals surface area (Å²) < 4.78 is 20.4. The van der Waals surface area contributed by atoms with Gasteiger partial charge in [0.25, 0.3) is 5.56 Å². The van der Waals surface area contributed by atoms with E-state index in [1.807, 2.05) is 6.92 Å². The van der Waals surface area contributed by atoms with Gasteiger partial charge in [-0.2, -0.15) is 5.10 Å². The number of fused-ring (bicyclic) bond motifs is 1. The molecule has 4 aromatic rings. The number of aromatic amines is 1. The van der Waals surface area contributed by atoms with Crippen LogP contribution < -0.4 is 16.0 Å². The Labute approximate surface area is 158 Å².